The second-order valence-corrected chi connectivity index (χ2v) is 6.57. The fourth-order valence-electron chi connectivity index (χ4n) is 3.56. The molecule has 0 radical (unpaired) electrons. The first kappa shape index (κ1) is 17.2. The predicted molar refractivity (Wildman–Crippen MR) is 108 cm³/mol. The van der Waals surface area contributed by atoms with Gasteiger partial charge in [-0.15, -0.1) is 0 Å². The van der Waals surface area contributed by atoms with E-state index < -0.39 is 0 Å². The Morgan fingerprint density at radius 1 is 0.778 bits per heavy atom. The molecule has 4 rings (SSSR count). The summed E-state index contributed by atoms with van der Waals surface area (Å²) in [6.07, 6.45) is 2.19. The molecule has 1 atom stereocenters. The van der Waals surface area contributed by atoms with Crippen LogP contribution in [0.5, 0.6) is 17.2 Å². The number of allylic oxidation sites excluding steroid dienone is 1. The van der Waals surface area contributed by atoms with Gasteiger partial charge in [0.2, 0.25) is 0 Å². The highest BCUT2D eigenvalue weighted by Crippen LogP contribution is 2.42. The standard InChI is InChI=1S/C24H22O3/c1-16-8-4-5-9-18(16)20-15-23(27-21-11-7-6-10-19(20)21)17-12-13-22(25-2)24(14-17)26-3/h4-15,20H,1-3H3/t20-/m1/s1. The molecular weight excluding hydrogens is 336 g/mol. The minimum absolute atomic E-state index is 0.138. The number of hydrogen-bond donors (Lipinski definition) is 0. The Morgan fingerprint density at radius 2 is 1.48 bits per heavy atom. The van der Waals surface area contributed by atoms with Crippen molar-refractivity contribution in [1.29, 1.82) is 0 Å². The van der Waals surface area contributed by atoms with E-state index in [9.17, 15) is 0 Å². The largest absolute Gasteiger partial charge is 0.493 e. The van der Waals surface area contributed by atoms with Crippen LogP contribution in [0.1, 0.15) is 28.2 Å². The molecule has 27 heavy (non-hydrogen) atoms. The third kappa shape index (κ3) is 3.17. The van der Waals surface area contributed by atoms with E-state index in [1.54, 1.807) is 14.2 Å². The zero-order valence-electron chi connectivity index (χ0n) is 15.7. The minimum Gasteiger partial charge on any atom is -0.493 e. The summed E-state index contributed by atoms with van der Waals surface area (Å²) in [6, 6.07) is 22.6. The molecule has 0 saturated carbocycles. The molecular formula is C24H22O3. The first-order chi connectivity index (χ1) is 13.2. The molecule has 0 unspecified atom stereocenters. The number of aryl methyl sites for hydroxylation is 1. The van der Waals surface area contributed by atoms with Gasteiger partial charge in [-0.05, 0) is 48.4 Å². The van der Waals surface area contributed by atoms with Crippen molar-refractivity contribution in [3.63, 3.8) is 0 Å². The molecule has 0 spiro atoms. The molecule has 3 aromatic carbocycles. The second kappa shape index (κ2) is 7.20. The van der Waals surface area contributed by atoms with E-state index in [4.69, 9.17) is 14.2 Å². The summed E-state index contributed by atoms with van der Waals surface area (Å²) in [7, 11) is 3.28. The van der Waals surface area contributed by atoms with Crippen molar-refractivity contribution in [1.82, 2.24) is 0 Å². The number of fused-ring (bicyclic) bond motifs is 1. The summed E-state index contributed by atoms with van der Waals surface area (Å²) in [5.74, 6) is 3.24. The van der Waals surface area contributed by atoms with Crippen LogP contribution >= 0.6 is 0 Å². The molecule has 136 valence electrons. The van der Waals surface area contributed by atoms with Gasteiger partial charge in [0.1, 0.15) is 11.5 Å². The Balaban J connectivity index is 1.84. The zero-order chi connectivity index (χ0) is 18.8. The average molecular weight is 358 g/mol. The van der Waals surface area contributed by atoms with Crippen molar-refractivity contribution >= 4 is 5.76 Å². The highest BCUT2D eigenvalue weighted by Gasteiger charge is 2.25. The molecule has 0 bridgehead atoms. The van der Waals surface area contributed by atoms with Crippen molar-refractivity contribution in [2.45, 2.75) is 12.8 Å². The zero-order valence-corrected chi connectivity index (χ0v) is 15.7. The normalized spacial score (nSPS) is 15.4. The van der Waals surface area contributed by atoms with Crippen molar-refractivity contribution in [3.8, 4) is 17.2 Å². The van der Waals surface area contributed by atoms with E-state index in [1.165, 1.54) is 16.7 Å². The fraction of sp³-hybridized carbons (Fsp3) is 0.167. The van der Waals surface area contributed by atoms with Gasteiger partial charge in [0, 0.05) is 17.0 Å². The van der Waals surface area contributed by atoms with Gasteiger partial charge in [0.25, 0.3) is 0 Å². The van der Waals surface area contributed by atoms with E-state index in [0.29, 0.717) is 11.5 Å². The lowest BCUT2D eigenvalue weighted by atomic mass is 9.85. The van der Waals surface area contributed by atoms with Gasteiger partial charge in [-0.25, -0.2) is 0 Å². The van der Waals surface area contributed by atoms with Crippen molar-refractivity contribution in [2.75, 3.05) is 14.2 Å². The van der Waals surface area contributed by atoms with Crippen LogP contribution in [0.25, 0.3) is 5.76 Å². The lowest BCUT2D eigenvalue weighted by Gasteiger charge is -2.26. The van der Waals surface area contributed by atoms with Crippen LogP contribution in [0, 0.1) is 6.92 Å². The smallest absolute Gasteiger partial charge is 0.161 e. The molecule has 3 heteroatoms. The van der Waals surface area contributed by atoms with Crippen LogP contribution < -0.4 is 14.2 Å². The van der Waals surface area contributed by atoms with E-state index in [1.807, 2.05) is 30.3 Å². The summed E-state index contributed by atoms with van der Waals surface area (Å²) < 4.78 is 17.1. The first-order valence-corrected chi connectivity index (χ1v) is 8.98. The van der Waals surface area contributed by atoms with Crippen LogP contribution in [-0.4, -0.2) is 14.2 Å². The molecule has 0 fully saturated rings. The predicted octanol–water partition coefficient (Wildman–Crippen LogP) is 5.58. The van der Waals surface area contributed by atoms with Crippen LogP contribution in [-0.2, 0) is 0 Å². The summed E-state index contributed by atoms with van der Waals surface area (Å²) in [5.41, 5.74) is 4.69. The van der Waals surface area contributed by atoms with E-state index in [-0.39, 0.29) is 5.92 Å². The molecule has 0 aliphatic carbocycles. The van der Waals surface area contributed by atoms with Crippen LogP contribution in [0.15, 0.2) is 72.8 Å². The van der Waals surface area contributed by atoms with Crippen LogP contribution in [0.4, 0.5) is 0 Å². The lowest BCUT2D eigenvalue weighted by Crippen LogP contribution is -2.11. The maximum Gasteiger partial charge on any atom is 0.161 e. The van der Waals surface area contributed by atoms with Gasteiger partial charge >= 0.3 is 0 Å². The maximum absolute atomic E-state index is 6.25. The molecule has 1 aliphatic rings. The van der Waals surface area contributed by atoms with Gasteiger partial charge in [-0.3, -0.25) is 0 Å². The van der Waals surface area contributed by atoms with Crippen LogP contribution in [0.2, 0.25) is 0 Å². The molecule has 3 aromatic rings. The Bertz CT molecular complexity index is 1000. The monoisotopic (exact) mass is 358 g/mol. The Kier molecular flexibility index (Phi) is 4.59. The number of methoxy groups -OCH3 is 2. The van der Waals surface area contributed by atoms with Gasteiger partial charge in [0.05, 0.1) is 14.2 Å². The molecule has 0 saturated heterocycles. The van der Waals surface area contributed by atoms with Crippen molar-refractivity contribution < 1.29 is 14.2 Å². The Morgan fingerprint density at radius 3 is 2.22 bits per heavy atom. The quantitative estimate of drug-likeness (QED) is 0.609. The minimum atomic E-state index is 0.138. The SMILES string of the molecule is COc1ccc(C2=C[C@H](c3ccccc3C)c3ccccc3O2)cc1OC. The molecule has 0 amide bonds. The number of benzene rings is 3. The highest BCUT2D eigenvalue weighted by atomic mass is 16.5. The third-order valence-corrected chi connectivity index (χ3v) is 4.98. The fourth-order valence-corrected chi connectivity index (χ4v) is 3.56. The number of para-hydroxylation sites is 1. The number of hydrogen-bond acceptors (Lipinski definition) is 3. The maximum atomic E-state index is 6.25. The summed E-state index contributed by atoms with van der Waals surface area (Å²) >= 11 is 0. The topological polar surface area (TPSA) is 27.7 Å². The van der Waals surface area contributed by atoms with Gasteiger partial charge < -0.3 is 14.2 Å². The van der Waals surface area contributed by atoms with Gasteiger partial charge in [-0.1, -0.05) is 42.5 Å². The molecule has 3 nitrogen and oxygen atoms in total. The molecule has 0 N–H and O–H groups in total. The van der Waals surface area contributed by atoms with E-state index in [0.717, 1.165) is 17.1 Å². The number of ether oxygens (including phenoxy) is 3. The van der Waals surface area contributed by atoms with Gasteiger partial charge in [-0.2, -0.15) is 0 Å². The summed E-state index contributed by atoms with van der Waals surface area (Å²) in [6.45, 7) is 2.15. The Hall–Kier alpha value is -3.20. The lowest BCUT2D eigenvalue weighted by molar-refractivity contribution is 0.354. The third-order valence-electron chi connectivity index (χ3n) is 4.98. The highest BCUT2D eigenvalue weighted by molar-refractivity contribution is 5.70. The van der Waals surface area contributed by atoms with Crippen LogP contribution in [0.3, 0.4) is 0 Å². The van der Waals surface area contributed by atoms with Crippen molar-refractivity contribution in [2.24, 2.45) is 0 Å². The molecule has 1 heterocycles. The molecule has 1 aliphatic heterocycles. The summed E-state index contributed by atoms with van der Waals surface area (Å²) in [5, 5.41) is 0. The van der Waals surface area contributed by atoms with E-state index >= 15 is 0 Å². The second-order valence-electron chi connectivity index (χ2n) is 6.57. The van der Waals surface area contributed by atoms with Crippen molar-refractivity contribution in [3.05, 3.63) is 95.1 Å². The van der Waals surface area contributed by atoms with E-state index in [2.05, 4.69) is 49.4 Å². The number of rotatable bonds is 4. The average Bonchev–Trinajstić information content (AvgIpc) is 2.73. The summed E-state index contributed by atoms with van der Waals surface area (Å²) in [4.78, 5) is 0. The molecule has 0 aromatic heterocycles. The Labute approximate surface area is 159 Å². The van der Waals surface area contributed by atoms with Gasteiger partial charge in [0.15, 0.2) is 11.5 Å². The first-order valence-electron chi connectivity index (χ1n) is 8.98.